The molecule has 0 spiro atoms. The highest BCUT2D eigenvalue weighted by atomic mass is 32.1. The summed E-state index contributed by atoms with van der Waals surface area (Å²) in [6.07, 6.45) is 7.14. The molecule has 0 fully saturated rings. The van der Waals surface area contributed by atoms with Crippen molar-refractivity contribution in [2.45, 2.75) is 6.42 Å². The van der Waals surface area contributed by atoms with Crippen LogP contribution in [-0.4, -0.2) is 0 Å². The SMILES string of the molecule is SC(=C\Cc1ccccc1)/C=C/c1ccccc1. The van der Waals surface area contributed by atoms with Crippen LogP contribution in [0, 0.1) is 0 Å². The fourth-order valence-electron chi connectivity index (χ4n) is 1.65. The molecule has 0 N–H and O–H groups in total. The molecule has 2 aromatic rings. The lowest BCUT2D eigenvalue weighted by Crippen LogP contribution is -1.79. The van der Waals surface area contributed by atoms with Crippen LogP contribution < -0.4 is 0 Å². The van der Waals surface area contributed by atoms with Crippen LogP contribution in [0.5, 0.6) is 0 Å². The third kappa shape index (κ3) is 4.27. The van der Waals surface area contributed by atoms with Crippen molar-refractivity contribution in [3.63, 3.8) is 0 Å². The average molecular weight is 252 g/mol. The lowest BCUT2D eigenvalue weighted by Gasteiger charge is -1.96. The van der Waals surface area contributed by atoms with Crippen molar-refractivity contribution in [3.8, 4) is 0 Å². The molecule has 2 aromatic carbocycles. The van der Waals surface area contributed by atoms with Gasteiger partial charge in [-0.2, -0.15) is 0 Å². The van der Waals surface area contributed by atoms with E-state index in [2.05, 4.69) is 61.2 Å². The molecule has 90 valence electrons. The Balaban J connectivity index is 1.96. The van der Waals surface area contributed by atoms with E-state index in [1.54, 1.807) is 0 Å². The Hall–Kier alpha value is -1.73. The van der Waals surface area contributed by atoms with E-state index in [4.69, 9.17) is 0 Å². The normalized spacial score (nSPS) is 11.9. The second kappa shape index (κ2) is 6.87. The molecule has 0 atom stereocenters. The van der Waals surface area contributed by atoms with Crippen LogP contribution in [0.25, 0.3) is 6.08 Å². The first-order valence-electron chi connectivity index (χ1n) is 6.01. The molecule has 0 unspecified atom stereocenters. The Bertz CT molecular complexity index is 524. The molecule has 0 saturated heterocycles. The lowest BCUT2D eigenvalue weighted by atomic mass is 10.1. The van der Waals surface area contributed by atoms with Crippen LogP contribution in [0.4, 0.5) is 0 Å². The lowest BCUT2D eigenvalue weighted by molar-refractivity contribution is 1.27. The van der Waals surface area contributed by atoms with Crippen LogP contribution in [-0.2, 0) is 6.42 Å². The molecule has 0 aliphatic rings. The number of hydrogen-bond donors (Lipinski definition) is 1. The van der Waals surface area contributed by atoms with E-state index < -0.39 is 0 Å². The van der Waals surface area contributed by atoms with Gasteiger partial charge in [0.05, 0.1) is 0 Å². The maximum absolute atomic E-state index is 4.46. The molecule has 0 heterocycles. The van der Waals surface area contributed by atoms with Crippen LogP contribution in [0.2, 0.25) is 0 Å². The minimum absolute atomic E-state index is 0.915. The molecule has 0 radical (unpaired) electrons. The van der Waals surface area contributed by atoms with Crippen molar-refractivity contribution >= 4 is 18.7 Å². The average Bonchev–Trinajstić information content (AvgIpc) is 2.45. The van der Waals surface area contributed by atoms with E-state index in [0.717, 1.165) is 11.3 Å². The van der Waals surface area contributed by atoms with Crippen molar-refractivity contribution in [1.29, 1.82) is 0 Å². The summed E-state index contributed by atoms with van der Waals surface area (Å²) in [6.45, 7) is 0. The van der Waals surface area contributed by atoms with Gasteiger partial charge in [-0.1, -0.05) is 72.8 Å². The minimum Gasteiger partial charge on any atom is -0.144 e. The number of hydrogen-bond acceptors (Lipinski definition) is 1. The number of allylic oxidation sites excluding steroid dienone is 2. The van der Waals surface area contributed by atoms with Gasteiger partial charge in [0.15, 0.2) is 0 Å². The molecule has 0 aliphatic heterocycles. The van der Waals surface area contributed by atoms with Gasteiger partial charge in [0.1, 0.15) is 0 Å². The predicted molar refractivity (Wildman–Crippen MR) is 82.7 cm³/mol. The summed E-state index contributed by atoms with van der Waals surface area (Å²) in [4.78, 5) is 0.989. The van der Waals surface area contributed by atoms with Crippen molar-refractivity contribution in [1.82, 2.24) is 0 Å². The van der Waals surface area contributed by atoms with Gasteiger partial charge >= 0.3 is 0 Å². The zero-order valence-corrected chi connectivity index (χ0v) is 11.1. The second-order valence-corrected chi connectivity index (χ2v) is 4.58. The van der Waals surface area contributed by atoms with Crippen LogP contribution in [0.3, 0.4) is 0 Å². The summed E-state index contributed by atoms with van der Waals surface area (Å²) < 4.78 is 0. The zero-order chi connectivity index (χ0) is 12.6. The summed E-state index contributed by atoms with van der Waals surface area (Å²) in [5, 5.41) is 0. The van der Waals surface area contributed by atoms with E-state index in [9.17, 15) is 0 Å². The molecule has 1 heteroatoms. The van der Waals surface area contributed by atoms with Crippen molar-refractivity contribution in [2.75, 3.05) is 0 Å². The Morgan fingerprint density at radius 2 is 1.50 bits per heavy atom. The van der Waals surface area contributed by atoms with E-state index in [1.165, 1.54) is 11.1 Å². The molecular weight excluding hydrogens is 236 g/mol. The van der Waals surface area contributed by atoms with Gasteiger partial charge < -0.3 is 0 Å². The summed E-state index contributed by atoms with van der Waals surface area (Å²) in [6, 6.07) is 20.6. The fraction of sp³-hybridized carbons (Fsp3) is 0.0588. The topological polar surface area (TPSA) is 0 Å². The molecular formula is C17H16S. The van der Waals surface area contributed by atoms with Gasteiger partial charge in [0, 0.05) is 4.91 Å². The number of benzene rings is 2. The summed E-state index contributed by atoms with van der Waals surface area (Å²) in [5.41, 5.74) is 2.49. The quantitative estimate of drug-likeness (QED) is 0.589. The first kappa shape index (κ1) is 12.7. The van der Waals surface area contributed by atoms with Crippen molar-refractivity contribution in [2.24, 2.45) is 0 Å². The second-order valence-electron chi connectivity index (χ2n) is 4.06. The van der Waals surface area contributed by atoms with Gasteiger partial charge in [0.2, 0.25) is 0 Å². The number of thiol groups is 1. The zero-order valence-electron chi connectivity index (χ0n) is 10.2. The highest BCUT2D eigenvalue weighted by Gasteiger charge is 1.89. The third-order valence-corrected chi connectivity index (χ3v) is 2.97. The van der Waals surface area contributed by atoms with E-state index >= 15 is 0 Å². The molecule has 2 rings (SSSR count). The molecule has 0 amide bonds. The highest BCUT2D eigenvalue weighted by Crippen LogP contribution is 2.10. The first-order valence-corrected chi connectivity index (χ1v) is 6.45. The molecule has 0 bridgehead atoms. The highest BCUT2D eigenvalue weighted by molar-refractivity contribution is 7.84. The fourth-order valence-corrected chi connectivity index (χ4v) is 1.82. The Kier molecular flexibility index (Phi) is 4.86. The van der Waals surface area contributed by atoms with E-state index in [0.29, 0.717) is 0 Å². The minimum atomic E-state index is 0.915. The first-order chi connectivity index (χ1) is 8.84. The van der Waals surface area contributed by atoms with Gasteiger partial charge in [-0.3, -0.25) is 0 Å². The van der Waals surface area contributed by atoms with Crippen LogP contribution >= 0.6 is 12.6 Å². The summed E-state index contributed by atoms with van der Waals surface area (Å²) in [7, 11) is 0. The summed E-state index contributed by atoms with van der Waals surface area (Å²) in [5.74, 6) is 0. The van der Waals surface area contributed by atoms with Crippen LogP contribution in [0.1, 0.15) is 11.1 Å². The molecule has 0 aromatic heterocycles. The largest absolute Gasteiger partial charge is 0.144 e. The Morgan fingerprint density at radius 1 is 0.889 bits per heavy atom. The van der Waals surface area contributed by atoms with Crippen molar-refractivity contribution < 1.29 is 0 Å². The van der Waals surface area contributed by atoms with Crippen molar-refractivity contribution in [3.05, 3.63) is 88.8 Å². The molecule has 0 nitrogen and oxygen atoms in total. The monoisotopic (exact) mass is 252 g/mol. The molecule has 0 saturated carbocycles. The third-order valence-electron chi connectivity index (χ3n) is 2.64. The van der Waals surface area contributed by atoms with E-state index in [1.807, 2.05) is 30.3 Å². The Morgan fingerprint density at radius 3 is 2.17 bits per heavy atom. The van der Waals surface area contributed by atoms with Gasteiger partial charge in [-0.05, 0) is 23.6 Å². The van der Waals surface area contributed by atoms with Gasteiger partial charge in [-0.15, -0.1) is 12.6 Å². The maximum Gasteiger partial charge on any atom is 0.000356 e. The van der Waals surface area contributed by atoms with Crippen LogP contribution in [0.15, 0.2) is 77.7 Å². The Labute approximate surface area is 114 Å². The summed E-state index contributed by atoms with van der Waals surface area (Å²) >= 11 is 4.46. The van der Waals surface area contributed by atoms with Gasteiger partial charge in [-0.25, -0.2) is 0 Å². The maximum atomic E-state index is 4.46. The smallest absolute Gasteiger partial charge is 0.000356 e. The van der Waals surface area contributed by atoms with Gasteiger partial charge in [0.25, 0.3) is 0 Å². The standard InChI is InChI=1S/C17H16S/c18-17(13-11-15-7-3-1-4-8-15)14-12-16-9-5-2-6-10-16/h1-11,13-14,18H,12H2/b13-11+,17-14-. The number of rotatable bonds is 4. The molecule has 18 heavy (non-hydrogen) atoms. The van der Waals surface area contributed by atoms with E-state index in [-0.39, 0.29) is 0 Å². The molecule has 0 aliphatic carbocycles. The predicted octanol–water partition coefficient (Wildman–Crippen LogP) is 4.76.